The van der Waals surface area contributed by atoms with Gasteiger partial charge in [0.25, 0.3) is 11.8 Å². The Morgan fingerprint density at radius 2 is 1.66 bits per heavy atom. The fourth-order valence-corrected chi connectivity index (χ4v) is 3.64. The van der Waals surface area contributed by atoms with Crippen molar-refractivity contribution in [3.05, 3.63) is 99.6 Å². The molecular weight excluding hydrogens is 384 g/mol. The van der Waals surface area contributed by atoms with Gasteiger partial charge in [0.2, 0.25) is 0 Å². The van der Waals surface area contributed by atoms with E-state index in [0.717, 1.165) is 28.8 Å². The molecule has 1 aliphatic rings. The molecule has 0 radical (unpaired) electrons. The molecule has 1 heterocycles. The smallest absolute Gasteiger partial charge is 0.258 e. The van der Waals surface area contributed by atoms with Crippen LogP contribution in [-0.2, 0) is 13.0 Å². The monoisotopic (exact) mass is 404 g/mol. The highest BCUT2D eigenvalue weighted by molar-refractivity contribution is 6.30. The zero-order valence-corrected chi connectivity index (χ0v) is 16.9. The summed E-state index contributed by atoms with van der Waals surface area (Å²) in [6.07, 6.45) is 0.800. The number of amides is 2. The van der Waals surface area contributed by atoms with E-state index in [9.17, 15) is 9.59 Å². The van der Waals surface area contributed by atoms with Crippen molar-refractivity contribution in [1.82, 2.24) is 5.32 Å². The minimum absolute atomic E-state index is 0.0270. The van der Waals surface area contributed by atoms with Crippen LogP contribution in [-0.4, -0.2) is 18.4 Å². The molecule has 0 saturated carbocycles. The Bertz CT molecular complexity index is 1060. The van der Waals surface area contributed by atoms with Crippen molar-refractivity contribution in [2.45, 2.75) is 19.9 Å². The third-order valence-electron chi connectivity index (χ3n) is 5.14. The van der Waals surface area contributed by atoms with E-state index in [1.165, 1.54) is 0 Å². The van der Waals surface area contributed by atoms with Gasteiger partial charge in [-0.05, 0) is 66.9 Å². The zero-order chi connectivity index (χ0) is 20.4. The van der Waals surface area contributed by atoms with E-state index in [0.29, 0.717) is 29.2 Å². The molecule has 2 amide bonds. The second-order valence-electron chi connectivity index (χ2n) is 7.23. The van der Waals surface area contributed by atoms with Gasteiger partial charge in [0.05, 0.1) is 0 Å². The van der Waals surface area contributed by atoms with Gasteiger partial charge in [0, 0.05) is 34.9 Å². The number of nitrogens with zero attached hydrogens (tertiary/aromatic N) is 1. The number of rotatable bonds is 4. The lowest BCUT2D eigenvalue weighted by molar-refractivity contribution is 0.0949. The highest BCUT2D eigenvalue weighted by Gasteiger charge is 2.25. The first kappa shape index (κ1) is 19.2. The summed E-state index contributed by atoms with van der Waals surface area (Å²) in [6.45, 7) is 3.09. The Kier molecular flexibility index (Phi) is 5.36. The summed E-state index contributed by atoms with van der Waals surface area (Å²) < 4.78 is 0. The number of carbonyl (C=O) groups is 2. The number of hydrogen-bond acceptors (Lipinski definition) is 2. The normalized spacial score (nSPS) is 12.6. The van der Waals surface area contributed by atoms with Crippen LogP contribution in [0.1, 0.15) is 37.4 Å². The average Bonchev–Trinajstić information content (AvgIpc) is 3.16. The van der Waals surface area contributed by atoms with Crippen LogP contribution in [0.2, 0.25) is 5.02 Å². The summed E-state index contributed by atoms with van der Waals surface area (Å²) in [5.41, 5.74) is 5.46. The molecule has 3 aromatic carbocycles. The second-order valence-corrected chi connectivity index (χ2v) is 7.66. The fourth-order valence-electron chi connectivity index (χ4n) is 3.51. The number of fused-ring (bicyclic) bond motifs is 1. The summed E-state index contributed by atoms with van der Waals surface area (Å²) in [5.74, 6) is -0.120. The quantitative estimate of drug-likeness (QED) is 0.680. The summed E-state index contributed by atoms with van der Waals surface area (Å²) >= 11 is 5.92. The van der Waals surface area contributed by atoms with Crippen LogP contribution in [0.15, 0.2) is 66.7 Å². The van der Waals surface area contributed by atoms with Crippen LogP contribution in [0.5, 0.6) is 0 Å². The van der Waals surface area contributed by atoms with Gasteiger partial charge in [-0.2, -0.15) is 0 Å². The number of halogens is 1. The molecule has 5 heteroatoms. The maximum Gasteiger partial charge on any atom is 0.258 e. The molecule has 146 valence electrons. The molecule has 4 rings (SSSR count). The summed E-state index contributed by atoms with van der Waals surface area (Å²) in [6, 6.07) is 20.5. The van der Waals surface area contributed by atoms with Gasteiger partial charge in [-0.25, -0.2) is 0 Å². The second kappa shape index (κ2) is 8.10. The lowest BCUT2D eigenvalue weighted by atomic mass is 10.1. The SMILES string of the molecule is Cc1ccc(C(=O)NCc2ccc3c(c2)CCN3C(=O)c2ccc(Cl)cc2)cc1. The molecule has 0 saturated heterocycles. The highest BCUT2D eigenvalue weighted by atomic mass is 35.5. The summed E-state index contributed by atoms with van der Waals surface area (Å²) in [5, 5.41) is 3.57. The maximum absolute atomic E-state index is 12.8. The number of nitrogens with one attached hydrogen (secondary N) is 1. The van der Waals surface area contributed by atoms with E-state index in [-0.39, 0.29) is 11.8 Å². The van der Waals surface area contributed by atoms with E-state index in [4.69, 9.17) is 11.6 Å². The Morgan fingerprint density at radius 3 is 2.38 bits per heavy atom. The van der Waals surface area contributed by atoms with E-state index < -0.39 is 0 Å². The molecule has 29 heavy (non-hydrogen) atoms. The summed E-state index contributed by atoms with van der Waals surface area (Å²) in [7, 11) is 0. The van der Waals surface area contributed by atoms with Gasteiger partial charge in [-0.1, -0.05) is 41.4 Å². The topological polar surface area (TPSA) is 49.4 Å². The molecule has 3 aromatic rings. The van der Waals surface area contributed by atoms with Gasteiger partial charge in [-0.3, -0.25) is 9.59 Å². The Balaban J connectivity index is 1.44. The van der Waals surface area contributed by atoms with Crippen molar-refractivity contribution in [1.29, 1.82) is 0 Å². The summed E-state index contributed by atoms with van der Waals surface area (Å²) in [4.78, 5) is 26.9. The van der Waals surface area contributed by atoms with Gasteiger partial charge >= 0.3 is 0 Å². The molecule has 0 fully saturated rings. The fraction of sp³-hybridized carbons (Fsp3) is 0.167. The van der Waals surface area contributed by atoms with Gasteiger partial charge in [0.15, 0.2) is 0 Å². The van der Waals surface area contributed by atoms with Crippen LogP contribution < -0.4 is 10.2 Å². The molecule has 4 nitrogen and oxygen atoms in total. The minimum atomic E-state index is -0.0926. The Morgan fingerprint density at radius 1 is 0.966 bits per heavy atom. The van der Waals surface area contributed by atoms with Gasteiger partial charge in [-0.15, -0.1) is 0 Å². The molecule has 0 aliphatic carbocycles. The third-order valence-corrected chi connectivity index (χ3v) is 5.39. The van der Waals surface area contributed by atoms with E-state index in [1.54, 1.807) is 29.2 Å². The van der Waals surface area contributed by atoms with Gasteiger partial charge in [0.1, 0.15) is 0 Å². The predicted octanol–water partition coefficient (Wildman–Crippen LogP) is 4.78. The van der Waals surface area contributed by atoms with Crippen molar-refractivity contribution >= 4 is 29.1 Å². The largest absolute Gasteiger partial charge is 0.348 e. The molecule has 1 aliphatic heterocycles. The zero-order valence-electron chi connectivity index (χ0n) is 16.1. The number of anilines is 1. The molecule has 0 atom stereocenters. The van der Waals surface area contributed by atoms with Crippen LogP contribution in [0.25, 0.3) is 0 Å². The third kappa shape index (κ3) is 4.17. The molecule has 0 bridgehead atoms. The lowest BCUT2D eigenvalue weighted by Crippen LogP contribution is -2.28. The highest BCUT2D eigenvalue weighted by Crippen LogP contribution is 2.30. The molecule has 0 unspecified atom stereocenters. The van der Waals surface area contributed by atoms with E-state index in [1.807, 2.05) is 43.3 Å². The van der Waals surface area contributed by atoms with Crippen LogP contribution >= 0.6 is 11.6 Å². The molecule has 0 aromatic heterocycles. The number of hydrogen-bond donors (Lipinski definition) is 1. The van der Waals surface area contributed by atoms with Crippen molar-refractivity contribution in [3.8, 4) is 0 Å². The van der Waals surface area contributed by atoms with Crippen molar-refractivity contribution in [2.24, 2.45) is 0 Å². The van der Waals surface area contributed by atoms with Crippen LogP contribution in [0, 0.1) is 6.92 Å². The lowest BCUT2D eigenvalue weighted by Gasteiger charge is -2.18. The standard InChI is InChI=1S/C24H21ClN2O2/c1-16-2-5-18(6-3-16)23(28)26-15-17-4-11-22-20(14-17)12-13-27(22)24(29)19-7-9-21(25)10-8-19/h2-11,14H,12-13,15H2,1H3,(H,26,28). The number of carbonyl (C=O) groups excluding carboxylic acids is 2. The number of aryl methyl sites for hydroxylation is 1. The van der Waals surface area contributed by atoms with E-state index >= 15 is 0 Å². The minimum Gasteiger partial charge on any atom is -0.348 e. The Hall–Kier alpha value is -3.11. The average molecular weight is 405 g/mol. The number of benzene rings is 3. The van der Waals surface area contributed by atoms with Crippen LogP contribution in [0.3, 0.4) is 0 Å². The van der Waals surface area contributed by atoms with Crippen molar-refractivity contribution in [2.75, 3.05) is 11.4 Å². The maximum atomic E-state index is 12.8. The van der Waals surface area contributed by atoms with E-state index in [2.05, 4.69) is 11.4 Å². The first-order valence-electron chi connectivity index (χ1n) is 9.55. The predicted molar refractivity (Wildman–Crippen MR) is 116 cm³/mol. The van der Waals surface area contributed by atoms with Crippen molar-refractivity contribution in [3.63, 3.8) is 0 Å². The first-order chi connectivity index (χ1) is 14.0. The molecular formula is C24H21ClN2O2. The van der Waals surface area contributed by atoms with Crippen LogP contribution in [0.4, 0.5) is 5.69 Å². The van der Waals surface area contributed by atoms with Crippen molar-refractivity contribution < 1.29 is 9.59 Å². The Labute approximate surface area is 175 Å². The first-order valence-corrected chi connectivity index (χ1v) is 9.93. The molecule has 0 spiro atoms. The van der Waals surface area contributed by atoms with Gasteiger partial charge < -0.3 is 10.2 Å². The molecule has 1 N–H and O–H groups in total.